The number of unbranched alkanes of at least 4 members (excludes halogenated alkanes) is 7. The normalized spacial score (nSPS) is 15.9. The van der Waals surface area contributed by atoms with Gasteiger partial charge < -0.3 is 19.5 Å². The maximum Gasteiger partial charge on any atom is 0.121 e. The highest BCUT2D eigenvalue weighted by molar-refractivity contribution is 5.65. The average molecular weight is 344 g/mol. The molecule has 0 saturated carbocycles. The molecule has 0 saturated heterocycles. The molecule has 4 heteroatoms. The van der Waals surface area contributed by atoms with Crippen molar-refractivity contribution < 1.29 is 19.5 Å². The van der Waals surface area contributed by atoms with Gasteiger partial charge >= 0.3 is 0 Å². The number of carboxylic acid groups (broad SMARTS) is 1. The van der Waals surface area contributed by atoms with Crippen LogP contribution in [0.15, 0.2) is 0 Å². The van der Waals surface area contributed by atoms with E-state index in [-0.39, 0.29) is 12.5 Å². The van der Waals surface area contributed by atoms with Crippen molar-refractivity contribution in [1.82, 2.24) is 0 Å². The van der Waals surface area contributed by atoms with Gasteiger partial charge in [-0.15, -0.1) is 0 Å². The van der Waals surface area contributed by atoms with Crippen molar-refractivity contribution in [2.24, 2.45) is 0 Å². The number of rotatable bonds is 15. The lowest BCUT2D eigenvalue weighted by atomic mass is 9.81. The topological polar surface area (TPSA) is 60.4 Å². The Bertz CT molecular complexity index is 338. The smallest absolute Gasteiger partial charge is 0.121 e. The number of nitrogens with zero attached hydrogens (tertiary/aromatic N) is 1. The van der Waals surface area contributed by atoms with E-state index in [4.69, 9.17) is 0 Å². The predicted octanol–water partition coefficient (Wildman–Crippen LogP) is 3.26. The van der Waals surface area contributed by atoms with Crippen LogP contribution in [0, 0.1) is 0 Å². The number of quaternary nitrogens is 1. The van der Waals surface area contributed by atoms with E-state index >= 15 is 0 Å². The molecule has 0 aromatic heterocycles. The van der Waals surface area contributed by atoms with E-state index in [0.717, 1.165) is 25.7 Å². The van der Waals surface area contributed by atoms with Crippen LogP contribution in [0.25, 0.3) is 0 Å². The number of likely N-dealkylation sites (N-methyl/N-ethyl adjacent to an activating group) is 1. The zero-order valence-electron chi connectivity index (χ0n) is 16.8. The van der Waals surface area contributed by atoms with Crippen LogP contribution in [0.2, 0.25) is 0 Å². The van der Waals surface area contributed by atoms with Gasteiger partial charge in [-0.25, -0.2) is 0 Å². The number of aliphatic hydroxyl groups is 1. The third-order valence-electron chi connectivity index (χ3n) is 5.03. The molecule has 24 heavy (non-hydrogen) atoms. The quantitative estimate of drug-likeness (QED) is 0.367. The first-order valence-corrected chi connectivity index (χ1v) is 9.90. The van der Waals surface area contributed by atoms with Crippen LogP contribution < -0.4 is 5.11 Å². The minimum absolute atomic E-state index is 0.0787. The van der Waals surface area contributed by atoms with Crippen LogP contribution in [0.5, 0.6) is 0 Å². The number of carbonyl (C=O) groups is 1. The SMILES string of the molecule is CCCCCCCCCC[C@@](O)(CC(=O)[O-])C(CCC)[N+](C)(C)C. The van der Waals surface area contributed by atoms with Gasteiger partial charge in [-0.2, -0.15) is 0 Å². The lowest BCUT2D eigenvalue weighted by molar-refractivity contribution is -0.904. The zero-order chi connectivity index (χ0) is 18.6. The molecule has 1 N–H and O–H groups in total. The first-order chi connectivity index (χ1) is 11.2. The highest BCUT2D eigenvalue weighted by Crippen LogP contribution is 2.31. The van der Waals surface area contributed by atoms with Crippen molar-refractivity contribution in [3.63, 3.8) is 0 Å². The Morgan fingerprint density at radius 3 is 1.88 bits per heavy atom. The molecule has 0 aliphatic carbocycles. The largest absolute Gasteiger partial charge is 0.550 e. The summed E-state index contributed by atoms with van der Waals surface area (Å²) in [5.41, 5.74) is -1.17. The van der Waals surface area contributed by atoms with Gasteiger partial charge in [0.1, 0.15) is 11.6 Å². The van der Waals surface area contributed by atoms with Gasteiger partial charge in [-0.05, 0) is 6.42 Å². The van der Waals surface area contributed by atoms with Gasteiger partial charge in [0.15, 0.2) is 0 Å². The van der Waals surface area contributed by atoms with Crippen molar-refractivity contribution >= 4 is 5.97 Å². The Hall–Kier alpha value is -0.610. The molecule has 0 radical (unpaired) electrons. The van der Waals surface area contributed by atoms with Crippen molar-refractivity contribution in [3.8, 4) is 0 Å². The first kappa shape index (κ1) is 23.4. The Kier molecular flexibility index (Phi) is 11.6. The molecule has 0 heterocycles. The van der Waals surface area contributed by atoms with Gasteiger partial charge in [0.05, 0.1) is 21.1 Å². The Morgan fingerprint density at radius 1 is 0.958 bits per heavy atom. The maximum absolute atomic E-state index is 11.2. The van der Waals surface area contributed by atoms with Gasteiger partial charge in [0.25, 0.3) is 0 Å². The fourth-order valence-corrected chi connectivity index (χ4v) is 3.84. The van der Waals surface area contributed by atoms with E-state index in [9.17, 15) is 15.0 Å². The van der Waals surface area contributed by atoms with Gasteiger partial charge in [0.2, 0.25) is 0 Å². The van der Waals surface area contributed by atoms with Crippen LogP contribution in [-0.2, 0) is 4.79 Å². The highest BCUT2D eigenvalue weighted by Gasteiger charge is 2.43. The predicted molar refractivity (Wildman–Crippen MR) is 98.5 cm³/mol. The van der Waals surface area contributed by atoms with Crippen molar-refractivity contribution in [2.45, 2.75) is 103 Å². The molecule has 0 aromatic rings. The molecule has 1 unspecified atom stereocenters. The van der Waals surface area contributed by atoms with Gasteiger partial charge in [0, 0.05) is 18.8 Å². The second-order valence-corrected chi connectivity index (χ2v) is 8.30. The molecule has 0 fully saturated rings. The fraction of sp³-hybridized carbons (Fsp3) is 0.950. The summed E-state index contributed by atoms with van der Waals surface area (Å²) >= 11 is 0. The number of hydrogen-bond donors (Lipinski definition) is 1. The molecule has 0 aromatic carbocycles. The third kappa shape index (κ3) is 9.63. The Morgan fingerprint density at radius 2 is 1.46 bits per heavy atom. The van der Waals surface area contributed by atoms with Crippen LogP contribution in [0.1, 0.15) is 90.9 Å². The van der Waals surface area contributed by atoms with E-state index in [0.29, 0.717) is 10.9 Å². The van der Waals surface area contributed by atoms with Crippen LogP contribution >= 0.6 is 0 Å². The molecule has 0 amide bonds. The van der Waals surface area contributed by atoms with Crippen LogP contribution in [0.4, 0.5) is 0 Å². The van der Waals surface area contributed by atoms with Crippen molar-refractivity contribution in [2.75, 3.05) is 21.1 Å². The standard InChI is InChI=1S/C20H41NO3/c1-6-8-9-10-11-12-13-14-16-20(24,17-19(22)23)18(15-7-2)21(3,4)5/h18,24H,6-17H2,1-5H3/t18?,20-/m1/s1. The molecule has 144 valence electrons. The van der Waals surface area contributed by atoms with Crippen LogP contribution in [-0.4, -0.2) is 48.3 Å². The number of carboxylic acids is 1. The summed E-state index contributed by atoms with van der Waals surface area (Å²) in [7, 11) is 6.11. The summed E-state index contributed by atoms with van der Waals surface area (Å²) in [6.07, 6.45) is 11.6. The Labute approximate surface area is 149 Å². The second-order valence-electron chi connectivity index (χ2n) is 8.30. The van der Waals surface area contributed by atoms with E-state index < -0.39 is 11.6 Å². The summed E-state index contributed by atoms with van der Waals surface area (Å²) in [5.74, 6) is -1.15. The van der Waals surface area contributed by atoms with Gasteiger partial charge in [-0.1, -0.05) is 71.6 Å². The molecule has 4 nitrogen and oxygen atoms in total. The Balaban J connectivity index is 4.55. The summed E-state index contributed by atoms with van der Waals surface area (Å²) in [5, 5.41) is 22.4. The molecule has 0 aliphatic rings. The monoisotopic (exact) mass is 343 g/mol. The molecular weight excluding hydrogens is 302 g/mol. The lowest BCUT2D eigenvalue weighted by Gasteiger charge is -2.45. The molecule has 2 atom stereocenters. The fourth-order valence-electron chi connectivity index (χ4n) is 3.84. The number of aliphatic carboxylic acids is 1. The average Bonchev–Trinajstić information content (AvgIpc) is 2.45. The van der Waals surface area contributed by atoms with E-state index in [1.165, 1.54) is 38.5 Å². The molecule has 0 rings (SSSR count). The molecular formula is C20H41NO3. The minimum atomic E-state index is -1.17. The minimum Gasteiger partial charge on any atom is -0.550 e. The summed E-state index contributed by atoms with van der Waals surface area (Å²) < 4.78 is 0.578. The van der Waals surface area contributed by atoms with Gasteiger partial charge in [-0.3, -0.25) is 0 Å². The van der Waals surface area contributed by atoms with E-state index in [2.05, 4.69) is 13.8 Å². The van der Waals surface area contributed by atoms with Crippen molar-refractivity contribution in [3.05, 3.63) is 0 Å². The van der Waals surface area contributed by atoms with E-state index in [1.807, 2.05) is 21.1 Å². The summed E-state index contributed by atoms with van der Waals surface area (Å²) in [6, 6.07) is -0.0787. The number of carbonyl (C=O) groups excluding carboxylic acids is 1. The molecule has 0 spiro atoms. The second kappa shape index (κ2) is 11.9. The van der Waals surface area contributed by atoms with E-state index in [1.54, 1.807) is 0 Å². The number of hydrogen-bond acceptors (Lipinski definition) is 3. The zero-order valence-corrected chi connectivity index (χ0v) is 16.8. The lowest BCUT2D eigenvalue weighted by Crippen LogP contribution is -2.60. The maximum atomic E-state index is 11.2. The first-order valence-electron chi connectivity index (χ1n) is 9.90. The van der Waals surface area contributed by atoms with Crippen LogP contribution in [0.3, 0.4) is 0 Å². The van der Waals surface area contributed by atoms with Crippen molar-refractivity contribution in [1.29, 1.82) is 0 Å². The molecule has 0 bridgehead atoms. The summed E-state index contributed by atoms with van der Waals surface area (Å²) in [4.78, 5) is 11.2. The molecule has 0 aliphatic heterocycles. The highest BCUT2D eigenvalue weighted by atomic mass is 16.4. The summed E-state index contributed by atoms with van der Waals surface area (Å²) in [6.45, 7) is 4.30. The third-order valence-corrected chi connectivity index (χ3v) is 5.03.